The molecule has 2 heterocycles. The third-order valence-corrected chi connectivity index (χ3v) is 6.89. The van der Waals surface area contributed by atoms with E-state index in [1.807, 2.05) is 54.4 Å². The minimum absolute atomic E-state index is 0. The van der Waals surface area contributed by atoms with Gasteiger partial charge in [0.2, 0.25) is 0 Å². The van der Waals surface area contributed by atoms with Crippen LogP contribution < -0.4 is 0 Å². The maximum atomic E-state index is 4.55. The van der Waals surface area contributed by atoms with Crippen molar-refractivity contribution in [3.8, 4) is 33.6 Å². The van der Waals surface area contributed by atoms with Gasteiger partial charge in [0.15, 0.2) is 0 Å². The van der Waals surface area contributed by atoms with Crippen LogP contribution in [0.2, 0.25) is 0 Å². The molecule has 0 aliphatic rings. The predicted molar refractivity (Wildman–Crippen MR) is 171 cm³/mol. The standard InChI is InChI=1S/C25H23N2.C11H11N2.CH3.Ir/c1-17-14-23(21-8-6-5-7-9-21)15-18(2)25(17)22-10-12-24(13-11-22)27-20(4)16-19(3)26-27;1-9-8-10(2)13(12-9)11-6-4-3-5-7-11;;/h5-12,14-16H,1-4H3;3-6,8H,1-2H3;1H3;/q3*-1;+3. The van der Waals surface area contributed by atoms with Gasteiger partial charge < -0.3 is 7.43 Å². The van der Waals surface area contributed by atoms with Gasteiger partial charge in [-0.3, -0.25) is 9.36 Å². The largest absolute Gasteiger partial charge is 3.00 e. The number of benzene rings is 4. The first-order valence-electron chi connectivity index (χ1n) is 13.5. The van der Waals surface area contributed by atoms with Gasteiger partial charge in [-0.1, -0.05) is 59.2 Å². The summed E-state index contributed by atoms with van der Waals surface area (Å²) in [6.45, 7) is 12.5. The Hall–Kier alpha value is -4.05. The summed E-state index contributed by atoms with van der Waals surface area (Å²) >= 11 is 0. The van der Waals surface area contributed by atoms with E-state index in [9.17, 15) is 0 Å². The van der Waals surface area contributed by atoms with E-state index in [0.717, 1.165) is 34.2 Å². The molecule has 6 aromatic rings. The van der Waals surface area contributed by atoms with E-state index in [4.69, 9.17) is 0 Å². The van der Waals surface area contributed by atoms with E-state index < -0.39 is 0 Å². The van der Waals surface area contributed by atoms with Crippen LogP contribution in [0.5, 0.6) is 0 Å². The van der Waals surface area contributed by atoms with Crippen molar-refractivity contribution in [2.75, 3.05) is 0 Å². The second-order valence-electron chi connectivity index (χ2n) is 10.2. The average molecular weight is 730 g/mol. The average Bonchev–Trinajstić information content (AvgIpc) is 3.48. The van der Waals surface area contributed by atoms with Crippen molar-refractivity contribution in [2.45, 2.75) is 41.5 Å². The molecule has 4 aromatic carbocycles. The van der Waals surface area contributed by atoms with Crippen LogP contribution in [-0.4, -0.2) is 19.6 Å². The number of nitrogens with zero attached hydrogens (tertiary/aromatic N) is 4. The Morgan fingerprint density at radius 1 is 0.548 bits per heavy atom. The summed E-state index contributed by atoms with van der Waals surface area (Å²) in [4.78, 5) is 0. The zero-order valence-electron chi connectivity index (χ0n) is 25.4. The smallest absolute Gasteiger partial charge is 0.358 e. The molecule has 6 rings (SSSR count). The van der Waals surface area contributed by atoms with Gasteiger partial charge in [0.25, 0.3) is 0 Å². The van der Waals surface area contributed by atoms with Gasteiger partial charge in [0.05, 0.1) is 11.4 Å². The number of para-hydroxylation sites is 1. The van der Waals surface area contributed by atoms with Crippen molar-refractivity contribution in [3.05, 3.63) is 151 Å². The molecule has 0 fully saturated rings. The SMILES string of the molecule is Cc1cc(C)n(-c2[c-]cc(-c3c(C)cc(-c4ccccc4)cc3C)cc2)n1.Cc1cc(C)n(-c2[c-]cccc2)n1.[CH3-].[Ir+3]. The molecule has 0 saturated carbocycles. The molecule has 0 unspecified atom stereocenters. The summed E-state index contributed by atoms with van der Waals surface area (Å²) in [7, 11) is 0. The molecule has 4 nitrogen and oxygen atoms in total. The molecule has 0 bridgehead atoms. The molecular formula is C37H37IrN4. The number of hydrogen-bond donors (Lipinski definition) is 0. The van der Waals surface area contributed by atoms with Crippen LogP contribution in [0.15, 0.2) is 97.1 Å². The fraction of sp³-hybridized carbons (Fsp3) is 0.162. The maximum Gasteiger partial charge on any atom is 3.00 e. The molecule has 0 N–H and O–H groups in total. The normalized spacial score (nSPS) is 10.2. The van der Waals surface area contributed by atoms with Crippen LogP contribution >= 0.6 is 0 Å². The minimum atomic E-state index is 0. The van der Waals surface area contributed by atoms with Crippen molar-refractivity contribution in [2.24, 2.45) is 0 Å². The predicted octanol–water partition coefficient (Wildman–Crippen LogP) is 8.98. The summed E-state index contributed by atoms with van der Waals surface area (Å²) in [5.41, 5.74) is 13.8. The zero-order chi connectivity index (χ0) is 28.2. The van der Waals surface area contributed by atoms with Crippen molar-refractivity contribution in [3.63, 3.8) is 0 Å². The van der Waals surface area contributed by atoms with E-state index >= 15 is 0 Å². The number of hydrogen-bond acceptors (Lipinski definition) is 2. The summed E-state index contributed by atoms with van der Waals surface area (Å²) in [6, 6.07) is 39.9. The van der Waals surface area contributed by atoms with Crippen LogP contribution in [0.1, 0.15) is 33.9 Å². The van der Waals surface area contributed by atoms with Gasteiger partial charge in [-0.15, -0.1) is 17.7 Å². The van der Waals surface area contributed by atoms with Crippen molar-refractivity contribution >= 4 is 0 Å². The first-order valence-corrected chi connectivity index (χ1v) is 13.5. The Labute approximate surface area is 264 Å². The minimum Gasteiger partial charge on any atom is -0.358 e. The molecule has 214 valence electrons. The third-order valence-electron chi connectivity index (χ3n) is 6.89. The van der Waals surface area contributed by atoms with Crippen LogP contribution in [0.3, 0.4) is 0 Å². The van der Waals surface area contributed by atoms with Gasteiger partial charge in [0, 0.05) is 11.4 Å². The van der Waals surface area contributed by atoms with Crippen LogP contribution in [-0.2, 0) is 20.1 Å². The number of aromatic nitrogens is 4. The van der Waals surface area contributed by atoms with Crippen molar-refractivity contribution < 1.29 is 20.1 Å². The quantitative estimate of drug-likeness (QED) is 0.170. The topological polar surface area (TPSA) is 35.6 Å². The zero-order valence-corrected chi connectivity index (χ0v) is 27.8. The molecule has 2 aromatic heterocycles. The van der Waals surface area contributed by atoms with Gasteiger partial charge in [-0.05, 0) is 76.2 Å². The Bertz CT molecular complexity index is 1710. The van der Waals surface area contributed by atoms with Crippen LogP contribution in [0, 0.1) is 61.1 Å². The van der Waals surface area contributed by atoms with E-state index in [0.29, 0.717) is 0 Å². The molecular weight excluding hydrogens is 693 g/mol. The molecule has 42 heavy (non-hydrogen) atoms. The summed E-state index contributed by atoms with van der Waals surface area (Å²) in [5, 5.41) is 8.91. The third kappa shape index (κ3) is 7.23. The first kappa shape index (κ1) is 32.5. The number of aryl methyl sites for hydroxylation is 6. The van der Waals surface area contributed by atoms with Crippen molar-refractivity contribution in [1.82, 2.24) is 19.6 Å². The molecule has 0 spiro atoms. The van der Waals surface area contributed by atoms with Crippen LogP contribution in [0.25, 0.3) is 33.6 Å². The van der Waals surface area contributed by atoms with E-state index in [-0.39, 0.29) is 27.5 Å². The molecule has 0 atom stereocenters. The van der Waals surface area contributed by atoms with Gasteiger partial charge in [-0.2, -0.15) is 52.7 Å². The van der Waals surface area contributed by atoms with Crippen LogP contribution in [0.4, 0.5) is 0 Å². The fourth-order valence-electron chi connectivity index (χ4n) is 5.18. The monoisotopic (exact) mass is 730 g/mol. The second-order valence-corrected chi connectivity index (χ2v) is 10.2. The van der Waals surface area contributed by atoms with Gasteiger partial charge >= 0.3 is 20.1 Å². The van der Waals surface area contributed by atoms with Crippen molar-refractivity contribution in [1.29, 1.82) is 0 Å². The Kier molecular flexibility index (Phi) is 11.0. The Morgan fingerprint density at radius 3 is 1.55 bits per heavy atom. The van der Waals surface area contributed by atoms with Gasteiger partial charge in [0.1, 0.15) is 0 Å². The fourth-order valence-corrected chi connectivity index (χ4v) is 5.18. The summed E-state index contributed by atoms with van der Waals surface area (Å²) in [5.74, 6) is 0. The molecule has 0 aliphatic heterocycles. The maximum absolute atomic E-state index is 4.55. The molecule has 0 amide bonds. The summed E-state index contributed by atoms with van der Waals surface area (Å²) in [6.07, 6.45) is 0. The molecule has 0 saturated heterocycles. The second kappa shape index (κ2) is 14.2. The molecule has 0 aliphatic carbocycles. The first-order chi connectivity index (χ1) is 19.3. The Morgan fingerprint density at radius 2 is 1.10 bits per heavy atom. The van der Waals surface area contributed by atoms with E-state index in [2.05, 4.69) is 116 Å². The summed E-state index contributed by atoms with van der Waals surface area (Å²) < 4.78 is 3.84. The van der Waals surface area contributed by atoms with E-state index in [1.54, 1.807) is 0 Å². The number of rotatable bonds is 4. The Balaban J connectivity index is 0.000000273. The molecule has 5 heteroatoms. The molecule has 0 radical (unpaired) electrons. The van der Waals surface area contributed by atoms with Gasteiger partial charge in [-0.25, -0.2) is 0 Å². The van der Waals surface area contributed by atoms with E-state index in [1.165, 1.54) is 33.4 Å².